The van der Waals surface area contributed by atoms with Gasteiger partial charge in [0.15, 0.2) is 5.13 Å². The molecule has 1 aromatic heterocycles. The first-order valence-corrected chi connectivity index (χ1v) is 7.95. The summed E-state index contributed by atoms with van der Waals surface area (Å²) >= 11 is 4.32. The minimum atomic E-state index is -3.86. The third-order valence-electron chi connectivity index (χ3n) is 2.11. The van der Waals surface area contributed by atoms with E-state index in [-0.39, 0.29) is 15.6 Å². The highest BCUT2D eigenvalue weighted by Gasteiger charge is 2.20. The number of aromatic nitrogens is 1. The maximum atomic E-state index is 12.2. The van der Waals surface area contributed by atoms with Gasteiger partial charge in [-0.15, -0.1) is 0 Å². The number of nitrogen functional groups attached to an aromatic ring is 1. The Labute approximate surface area is 122 Å². The molecule has 0 aliphatic heterocycles. The number of nitriles is 1. The molecule has 0 spiro atoms. The second kappa shape index (κ2) is 5.16. The van der Waals surface area contributed by atoms with Crippen LogP contribution in [0.4, 0.5) is 10.8 Å². The number of halogens is 1. The molecule has 1 aromatic carbocycles. The number of benzene rings is 1. The van der Waals surface area contributed by atoms with Crippen LogP contribution in [-0.2, 0) is 10.0 Å². The topological polar surface area (TPSA) is 109 Å². The zero-order chi connectivity index (χ0) is 14.0. The summed E-state index contributed by atoms with van der Waals surface area (Å²) in [5.74, 6) is 0. The molecule has 9 heteroatoms. The van der Waals surface area contributed by atoms with Crippen LogP contribution in [-0.4, -0.2) is 13.4 Å². The molecule has 0 saturated carbocycles. The Balaban J connectivity index is 2.43. The number of nitrogens with one attached hydrogen (secondary N) is 1. The molecule has 0 amide bonds. The van der Waals surface area contributed by atoms with Gasteiger partial charge in [0.1, 0.15) is 11.0 Å². The molecule has 0 atom stereocenters. The smallest absolute Gasteiger partial charge is 0.264 e. The lowest BCUT2D eigenvalue weighted by molar-refractivity contribution is 0.601. The van der Waals surface area contributed by atoms with Crippen molar-refractivity contribution in [3.8, 4) is 6.07 Å². The molecule has 0 fully saturated rings. The van der Waals surface area contributed by atoms with Crippen molar-refractivity contribution in [2.45, 2.75) is 4.90 Å². The SMILES string of the molecule is N#Cc1cc(N)ccc1S(=O)(=O)Nc1ncc(Br)s1. The Bertz CT molecular complexity index is 764. The lowest BCUT2D eigenvalue weighted by Gasteiger charge is -2.07. The van der Waals surface area contributed by atoms with Crippen LogP contribution in [0.2, 0.25) is 0 Å². The van der Waals surface area contributed by atoms with E-state index < -0.39 is 10.0 Å². The number of thiazole rings is 1. The molecule has 0 unspecified atom stereocenters. The van der Waals surface area contributed by atoms with Crippen LogP contribution in [0.5, 0.6) is 0 Å². The third-order valence-corrected chi connectivity index (χ3v) is 5.03. The second-order valence-electron chi connectivity index (χ2n) is 3.44. The number of sulfonamides is 1. The summed E-state index contributed by atoms with van der Waals surface area (Å²) in [6, 6.07) is 5.83. The van der Waals surface area contributed by atoms with Gasteiger partial charge in [0.05, 0.1) is 15.5 Å². The van der Waals surface area contributed by atoms with E-state index in [0.29, 0.717) is 9.47 Å². The molecule has 0 aliphatic carbocycles. The minimum absolute atomic E-state index is 0.0110. The van der Waals surface area contributed by atoms with E-state index in [1.54, 1.807) is 0 Å². The molecule has 3 N–H and O–H groups in total. The summed E-state index contributed by atoms with van der Waals surface area (Å²) in [7, 11) is -3.86. The highest BCUT2D eigenvalue weighted by atomic mass is 79.9. The van der Waals surface area contributed by atoms with Crippen molar-refractivity contribution < 1.29 is 8.42 Å². The summed E-state index contributed by atoms with van der Waals surface area (Å²) < 4.78 is 27.3. The molecule has 0 radical (unpaired) electrons. The minimum Gasteiger partial charge on any atom is -0.399 e. The predicted molar refractivity (Wildman–Crippen MR) is 76.2 cm³/mol. The summed E-state index contributed by atoms with van der Waals surface area (Å²) in [5, 5.41) is 9.17. The van der Waals surface area contributed by atoms with E-state index in [1.165, 1.54) is 24.4 Å². The fraction of sp³-hybridized carbons (Fsp3) is 0. The Kier molecular flexibility index (Phi) is 3.75. The average Bonchev–Trinajstić information content (AvgIpc) is 2.73. The van der Waals surface area contributed by atoms with Gasteiger partial charge in [-0.1, -0.05) is 11.3 Å². The van der Waals surface area contributed by atoms with Gasteiger partial charge in [0.25, 0.3) is 10.0 Å². The number of nitrogens with zero attached hydrogens (tertiary/aromatic N) is 2. The molecule has 2 aromatic rings. The molecule has 98 valence electrons. The molecule has 19 heavy (non-hydrogen) atoms. The summed E-state index contributed by atoms with van der Waals surface area (Å²) in [6.07, 6.45) is 1.48. The number of hydrogen-bond acceptors (Lipinski definition) is 6. The van der Waals surface area contributed by atoms with Gasteiger partial charge in [-0.25, -0.2) is 13.4 Å². The van der Waals surface area contributed by atoms with Crippen LogP contribution in [0.25, 0.3) is 0 Å². The molecule has 0 bridgehead atoms. The predicted octanol–water partition coefficient (Wildman–Crippen LogP) is 2.16. The van der Waals surface area contributed by atoms with E-state index in [1.807, 2.05) is 6.07 Å². The molecule has 0 aliphatic rings. The molecular weight excluding hydrogens is 352 g/mol. The molecule has 6 nitrogen and oxygen atoms in total. The molecule has 2 rings (SSSR count). The van der Waals surface area contributed by atoms with E-state index in [9.17, 15) is 8.42 Å². The van der Waals surface area contributed by atoms with Gasteiger partial charge in [0.2, 0.25) is 0 Å². The Morgan fingerprint density at radius 1 is 1.47 bits per heavy atom. The van der Waals surface area contributed by atoms with Crippen molar-refractivity contribution in [1.82, 2.24) is 4.98 Å². The normalized spacial score (nSPS) is 10.9. The van der Waals surface area contributed by atoms with Crippen LogP contribution in [0.3, 0.4) is 0 Å². The first-order chi connectivity index (χ1) is 8.92. The fourth-order valence-electron chi connectivity index (χ4n) is 1.34. The average molecular weight is 359 g/mol. The molecular formula is C10H7BrN4O2S2. The Morgan fingerprint density at radius 2 is 2.21 bits per heavy atom. The van der Waals surface area contributed by atoms with Crippen LogP contribution in [0, 0.1) is 11.3 Å². The van der Waals surface area contributed by atoms with Crippen LogP contribution >= 0.6 is 27.3 Å². The van der Waals surface area contributed by atoms with Crippen molar-refractivity contribution >= 4 is 48.1 Å². The quantitative estimate of drug-likeness (QED) is 0.817. The van der Waals surface area contributed by atoms with Gasteiger partial charge in [-0.05, 0) is 34.1 Å². The Hall–Kier alpha value is -1.63. The second-order valence-corrected chi connectivity index (χ2v) is 7.50. The number of anilines is 2. The Morgan fingerprint density at radius 3 is 2.79 bits per heavy atom. The van der Waals surface area contributed by atoms with E-state index >= 15 is 0 Å². The largest absolute Gasteiger partial charge is 0.399 e. The van der Waals surface area contributed by atoms with Crippen LogP contribution in [0.15, 0.2) is 33.1 Å². The van der Waals surface area contributed by atoms with Crippen molar-refractivity contribution in [2.24, 2.45) is 0 Å². The fourth-order valence-corrected chi connectivity index (χ4v) is 3.83. The van der Waals surface area contributed by atoms with Gasteiger partial charge in [-0.3, -0.25) is 4.72 Å². The van der Waals surface area contributed by atoms with Gasteiger partial charge < -0.3 is 5.73 Å². The maximum absolute atomic E-state index is 12.2. The van der Waals surface area contributed by atoms with Crippen molar-refractivity contribution in [1.29, 1.82) is 5.26 Å². The monoisotopic (exact) mass is 358 g/mol. The van der Waals surface area contributed by atoms with Crippen LogP contribution < -0.4 is 10.5 Å². The number of nitrogens with two attached hydrogens (primary N) is 1. The lowest BCUT2D eigenvalue weighted by atomic mass is 10.2. The van der Waals surface area contributed by atoms with Crippen molar-refractivity contribution in [3.63, 3.8) is 0 Å². The zero-order valence-corrected chi connectivity index (χ0v) is 12.5. The zero-order valence-electron chi connectivity index (χ0n) is 9.29. The number of hydrogen-bond donors (Lipinski definition) is 2. The molecule has 0 saturated heterocycles. The van der Waals surface area contributed by atoms with E-state index in [4.69, 9.17) is 11.0 Å². The van der Waals surface area contributed by atoms with Crippen molar-refractivity contribution in [3.05, 3.63) is 33.7 Å². The standard InChI is InChI=1S/C10H7BrN4O2S2/c11-9-5-14-10(18-9)15-19(16,17)8-2-1-7(13)3-6(8)4-12/h1-3,5H,13H2,(H,14,15). The van der Waals surface area contributed by atoms with Gasteiger partial charge >= 0.3 is 0 Å². The summed E-state index contributed by atoms with van der Waals surface area (Å²) in [4.78, 5) is 3.74. The first-order valence-electron chi connectivity index (χ1n) is 4.86. The summed E-state index contributed by atoms with van der Waals surface area (Å²) in [5.41, 5.74) is 5.83. The third kappa shape index (κ3) is 3.04. The highest BCUT2D eigenvalue weighted by molar-refractivity contribution is 9.11. The van der Waals surface area contributed by atoms with Gasteiger partial charge in [0, 0.05) is 5.69 Å². The number of rotatable bonds is 3. The van der Waals surface area contributed by atoms with Gasteiger partial charge in [-0.2, -0.15) is 5.26 Å². The highest BCUT2D eigenvalue weighted by Crippen LogP contribution is 2.26. The van der Waals surface area contributed by atoms with Crippen molar-refractivity contribution in [2.75, 3.05) is 10.5 Å². The van der Waals surface area contributed by atoms with E-state index in [2.05, 4.69) is 25.6 Å². The molecule has 1 heterocycles. The maximum Gasteiger partial charge on any atom is 0.264 e. The van der Waals surface area contributed by atoms with E-state index in [0.717, 1.165) is 11.3 Å². The first kappa shape index (κ1) is 13.8. The lowest BCUT2D eigenvalue weighted by Crippen LogP contribution is -2.14. The van der Waals surface area contributed by atoms with Crippen LogP contribution in [0.1, 0.15) is 5.56 Å². The summed E-state index contributed by atoms with van der Waals surface area (Å²) in [6.45, 7) is 0.